The Bertz CT molecular complexity index is 488. The minimum absolute atomic E-state index is 0.0534. The van der Waals surface area contributed by atoms with Crippen LogP contribution in [-0.4, -0.2) is 23.9 Å². The summed E-state index contributed by atoms with van der Waals surface area (Å²) < 4.78 is 53.7. The minimum atomic E-state index is -4.22. The van der Waals surface area contributed by atoms with Crippen molar-refractivity contribution < 1.29 is 22.3 Å². The van der Waals surface area contributed by atoms with Crippen LogP contribution in [0.3, 0.4) is 0 Å². The molecular formula is C10H10F4N4O. The van der Waals surface area contributed by atoms with Gasteiger partial charge in [-0.25, -0.2) is 13.8 Å². The molecule has 1 aromatic rings. The van der Waals surface area contributed by atoms with Crippen LogP contribution in [0.15, 0.2) is 17.4 Å². The molecule has 0 saturated carbocycles. The van der Waals surface area contributed by atoms with E-state index in [0.717, 1.165) is 0 Å². The number of pyridine rings is 1. The lowest BCUT2D eigenvalue weighted by atomic mass is 10.2. The summed E-state index contributed by atoms with van der Waals surface area (Å²) in [7, 11) is 0. The minimum Gasteiger partial charge on any atom is -0.471 e. The number of hydrogen-bond donors (Lipinski definition) is 0. The molecule has 0 unspecified atom stereocenters. The fraction of sp³-hybridized carbons (Fsp3) is 0.500. The van der Waals surface area contributed by atoms with E-state index in [2.05, 4.69) is 19.7 Å². The molecule has 5 nitrogen and oxygen atoms in total. The molecule has 0 radical (unpaired) electrons. The van der Waals surface area contributed by atoms with E-state index < -0.39 is 19.0 Å². The number of halogens is 4. The normalized spacial score (nSPS) is 11.3. The third-order valence-corrected chi connectivity index (χ3v) is 2.12. The first-order valence-electron chi connectivity index (χ1n) is 5.12. The second kappa shape index (κ2) is 6.24. The molecule has 0 atom stereocenters. The molecule has 0 aliphatic heterocycles. The first kappa shape index (κ1) is 15.0. The summed E-state index contributed by atoms with van der Waals surface area (Å²) in [6.07, 6.45) is -2.53. The molecule has 9 heteroatoms. The third-order valence-electron chi connectivity index (χ3n) is 2.12. The summed E-state index contributed by atoms with van der Waals surface area (Å²) in [6.45, 7) is 0.119. The van der Waals surface area contributed by atoms with Crippen molar-refractivity contribution in [3.05, 3.63) is 33.8 Å². The van der Waals surface area contributed by atoms with Crippen LogP contribution >= 0.6 is 0 Å². The Labute approximate surface area is 105 Å². The molecule has 0 bridgehead atoms. The molecule has 1 heterocycles. The van der Waals surface area contributed by atoms with E-state index >= 15 is 0 Å². The van der Waals surface area contributed by atoms with E-state index in [1.165, 1.54) is 19.2 Å². The second-order valence-electron chi connectivity index (χ2n) is 3.70. The average Bonchev–Trinajstić information content (AvgIpc) is 2.35. The quantitative estimate of drug-likeness (QED) is 0.346. The van der Waals surface area contributed by atoms with Crippen LogP contribution in [0.5, 0.6) is 5.88 Å². The molecule has 0 aliphatic rings. The van der Waals surface area contributed by atoms with Crippen molar-refractivity contribution >= 4 is 0 Å². The van der Waals surface area contributed by atoms with Crippen LogP contribution in [0.25, 0.3) is 10.4 Å². The van der Waals surface area contributed by atoms with Crippen molar-refractivity contribution in [2.24, 2.45) is 5.11 Å². The van der Waals surface area contributed by atoms with Gasteiger partial charge in [0.05, 0.1) is 6.54 Å². The number of ether oxygens (including phenoxy) is 1. The van der Waals surface area contributed by atoms with Crippen molar-refractivity contribution in [3.63, 3.8) is 0 Å². The van der Waals surface area contributed by atoms with E-state index in [1.54, 1.807) is 0 Å². The van der Waals surface area contributed by atoms with Crippen molar-refractivity contribution in [1.29, 1.82) is 0 Å². The van der Waals surface area contributed by atoms with Crippen LogP contribution in [0.2, 0.25) is 0 Å². The van der Waals surface area contributed by atoms with Gasteiger partial charge in [-0.1, -0.05) is 5.11 Å². The molecule has 0 spiro atoms. The summed E-state index contributed by atoms with van der Waals surface area (Å²) in [5.74, 6) is -4.39. The lowest BCUT2D eigenvalue weighted by molar-refractivity contribution is -0.148. The summed E-state index contributed by atoms with van der Waals surface area (Å²) in [6, 6.07) is 1.51. The van der Waals surface area contributed by atoms with Crippen molar-refractivity contribution in [1.82, 2.24) is 4.98 Å². The zero-order valence-corrected chi connectivity index (χ0v) is 9.86. The molecule has 0 aromatic carbocycles. The molecule has 19 heavy (non-hydrogen) atoms. The maximum atomic E-state index is 12.7. The molecule has 0 amide bonds. The van der Waals surface area contributed by atoms with E-state index in [0.29, 0.717) is 11.1 Å². The van der Waals surface area contributed by atoms with Crippen LogP contribution in [0.1, 0.15) is 11.1 Å². The number of aromatic nitrogens is 1. The Morgan fingerprint density at radius 2 is 2.21 bits per heavy atom. The Hall–Kier alpha value is -2.02. The monoisotopic (exact) mass is 278 g/mol. The fourth-order valence-electron chi connectivity index (χ4n) is 1.20. The summed E-state index contributed by atoms with van der Waals surface area (Å²) >= 11 is 0. The lowest BCUT2D eigenvalue weighted by Gasteiger charge is -2.16. The summed E-state index contributed by atoms with van der Waals surface area (Å²) in [4.78, 5) is 6.26. The Morgan fingerprint density at radius 3 is 2.74 bits per heavy atom. The highest BCUT2D eigenvalue weighted by molar-refractivity contribution is 5.28. The first-order valence-corrected chi connectivity index (χ1v) is 5.12. The molecule has 0 aliphatic carbocycles. The molecule has 1 rings (SSSR count). The van der Waals surface area contributed by atoms with Gasteiger partial charge >= 0.3 is 12.3 Å². The number of hydrogen-bond acceptors (Lipinski definition) is 3. The van der Waals surface area contributed by atoms with Gasteiger partial charge in [-0.15, -0.1) is 0 Å². The van der Waals surface area contributed by atoms with Crippen LogP contribution in [-0.2, 0) is 6.54 Å². The number of nitrogens with zero attached hydrogens (tertiary/aromatic N) is 4. The molecule has 0 N–H and O–H groups in total. The van der Waals surface area contributed by atoms with Crippen molar-refractivity contribution in [3.8, 4) is 5.88 Å². The van der Waals surface area contributed by atoms with Crippen LogP contribution in [0, 0.1) is 6.92 Å². The fourth-order valence-corrected chi connectivity index (χ4v) is 1.20. The molecule has 0 saturated heterocycles. The van der Waals surface area contributed by atoms with E-state index in [1.807, 2.05) is 0 Å². The zero-order chi connectivity index (χ0) is 14.5. The Balaban J connectivity index is 2.72. The zero-order valence-electron chi connectivity index (χ0n) is 9.86. The van der Waals surface area contributed by atoms with Crippen molar-refractivity contribution in [2.45, 2.75) is 25.8 Å². The lowest BCUT2D eigenvalue weighted by Crippen LogP contribution is -2.34. The average molecular weight is 278 g/mol. The predicted molar refractivity (Wildman–Crippen MR) is 58.3 cm³/mol. The van der Waals surface area contributed by atoms with Gasteiger partial charge in [0.15, 0.2) is 6.61 Å². The Morgan fingerprint density at radius 1 is 1.53 bits per heavy atom. The van der Waals surface area contributed by atoms with Gasteiger partial charge in [-0.3, -0.25) is 0 Å². The van der Waals surface area contributed by atoms with Crippen LogP contribution < -0.4 is 4.74 Å². The predicted octanol–water partition coefficient (Wildman–Crippen LogP) is 3.48. The standard InChI is InChI=1S/C10H10F4N4O/c1-6-2-7(4-17-18-15)3-16-8(6)19-5-10(13,14)9(11)12/h2-3,9H,4-5H2,1H3. The van der Waals surface area contributed by atoms with Gasteiger partial charge in [0.25, 0.3) is 0 Å². The molecule has 0 fully saturated rings. The number of alkyl halides is 4. The summed E-state index contributed by atoms with van der Waals surface area (Å²) in [5.41, 5.74) is 9.08. The van der Waals surface area contributed by atoms with E-state index in [-0.39, 0.29) is 12.4 Å². The van der Waals surface area contributed by atoms with Gasteiger partial charge in [0.2, 0.25) is 5.88 Å². The van der Waals surface area contributed by atoms with Gasteiger partial charge < -0.3 is 4.74 Å². The maximum absolute atomic E-state index is 12.7. The van der Waals surface area contributed by atoms with Crippen molar-refractivity contribution in [2.75, 3.05) is 6.61 Å². The largest absolute Gasteiger partial charge is 0.471 e. The number of rotatable bonds is 6. The van der Waals surface area contributed by atoms with Crippen LogP contribution in [0.4, 0.5) is 17.6 Å². The number of aryl methyl sites for hydroxylation is 1. The number of azide groups is 1. The molecule has 104 valence electrons. The smallest absolute Gasteiger partial charge is 0.340 e. The summed E-state index contributed by atoms with van der Waals surface area (Å²) in [5, 5.41) is 3.30. The highest BCUT2D eigenvalue weighted by Crippen LogP contribution is 2.25. The Kier molecular flexibility index (Phi) is 4.94. The van der Waals surface area contributed by atoms with Gasteiger partial charge in [0.1, 0.15) is 0 Å². The molecule has 1 aromatic heterocycles. The topological polar surface area (TPSA) is 70.9 Å². The van der Waals surface area contributed by atoms with Gasteiger partial charge in [0, 0.05) is 16.7 Å². The maximum Gasteiger partial charge on any atom is 0.340 e. The highest BCUT2D eigenvalue weighted by atomic mass is 19.3. The first-order chi connectivity index (χ1) is 8.86. The highest BCUT2D eigenvalue weighted by Gasteiger charge is 2.41. The van der Waals surface area contributed by atoms with Gasteiger partial charge in [-0.05, 0) is 24.1 Å². The van der Waals surface area contributed by atoms with Gasteiger partial charge in [-0.2, -0.15) is 8.78 Å². The SMILES string of the molecule is Cc1cc(CN=[N+]=[N-])cnc1OCC(F)(F)C(F)F. The third kappa shape index (κ3) is 4.29. The van der Waals surface area contributed by atoms with E-state index in [9.17, 15) is 17.6 Å². The molecular weight excluding hydrogens is 268 g/mol. The second-order valence-corrected chi connectivity index (χ2v) is 3.70. The van der Waals surface area contributed by atoms with E-state index in [4.69, 9.17) is 5.53 Å².